The molecule has 0 unspecified atom stereocenters. The number of aliphatic imine (C=N–C) groups is 1. The summed E-state index contributed by atoms with van der Waals surface area (Å²) in [5, 5.41) is 9.00. The SMILES string of the molecule is COc1cccc(C=NCC2CCC(C(=O)O)CC2)c1OC. The van der Waals surface area contributed by atoms with Crippen LogP contribution in [0, 0.1) is 11.8 Å². The second-order valence-corrected chi connectivity index (χ2v) is 5.63. The van der Waals surface area contributed by atoms with E-state index >= 15 is 0 Å². The lowest BCUT2D eigenvalue weighted by Gasteiger charge is -2.24. The number of hydrogen-bond donors (Lipinski definition) is 1. The van der Waals surface area contributed by atoms with E-state index in [9.17, 15) is 4.79 Å². The molecule has 1 aromatic carbocycles. The number of para-hydroxylation sites is 1. The van der Waals surface area contributed by atoms with Crippen LogP contribution in [0.5, 0.6) is 11.5 Å². The van der Waals surface area contributed by atoms with E-state index in [1.807, 2.05) is 24.4 Å². The fourth-order valence-electron chi connectivity index (χ4n) is 2.91. The van der Waals surface area contributed by atoms with E-state index in [0.29, 0.717) is 17.4 Å². The summed E-state index contributed by atoms with van der Waals surface area (Å²) >= 11 is 0. The lowest BCUT2D eigenvalue weighted by atomic mass is 9.82. The van der Waals surface area contributed by atoms with Gasteiger partial charge in [-0.05, 0) is 43.7 Å². The molecule has 0 atom stereocenters. The zero-order valence-electron chi connectivity index (χ0n) is 13.1. The Morgan fingerprint density at radius 2 is 2.00 bits per heavy atom. The van der Waals surface area contributed by atoms with E-state index in [4.69, 9.17) is 14.6 Å². The quantitative estimate of drug-likeness (QED) is 0.820. The number of carboxylic acids is 1. The summed E-state index contributed by atoms with van der Waals surface area (Å²) in [6.07, 6.45) is 5.20. The van der Waals surface area contributed by atoms with Gasteiger partial charge >= 0.3 is 5.97 Å². The molecule has 0 bridgehead atoms. The van der Waals surface area contributed by atoms with E-state index in [2.05, 4.69) is 4.99 Å². The van der Waals surface area contributed by atoms with Gasteiger partial charge in [-0.1, -0.05) is 6.07 Å². The van der Waals surface area contributed by atoms with Crippen LogP contribution in [0.15, 0.2) is 23.2 Å². The summed E-state index contributed by atoms with van der Waals surface area (Å²) in [6, 6.07) is 5.69. The maximum atomic E-state index is 10.9. The van der Waals surface area contributed by atoms with Crippen molar-refractivity contribution in [1.29, 1.82) is 0 Å². The van der Waals surface area contributed by atoms with Crippen molar-refractivity contribution in [3.63, 3.8) is 0 Å². The molecule has 0 aliphatic heterocycles. The van der Waals surface area contributed by atoms with Gasteiger partial charge in [-0.2, -0.15) is 0 Å². The minimum Gasteiger partial charge on any atom is -0.493 e. The molecule has 1 N–H and O–H groups in total. The maximum Gasteiger partial charge on any atom is 0.306 e. The summed E-state index contributed by atoms with van der Waals surface area (Å²) in [7, 11) is 3.22. The standard InChI is InChI=1S/C17H23NO4/c1-21-15-5-3-4-14(16(15)22-2)11-18-10-12-6-8-13(9-7-12)17(19)20/h3-5,11-13H,6-10H2,1-2H3,(H,19,20). The molecule has 22 heavy (non-hydrogen) atoms. The van der Waals surface area contributed by atoms with Gasteiger partial charge in [0.25, 0.3) is 0 Å². The molecule has 1 fully saturated rings. The Kier molecular flexibility index (Phi) is 5.81. The molecule has 0 aromatic heterocycles. The van der Waals surface area contributed by atoms with Crippen LogP contribution in [0.3, 0.4) is 0 Å². The van der Waals surface area contributed by atoms with Crippen LogP contribution in [0.1, 0.15) is 31.2 Å². The predicted octanol–water partition coefficient (Wildman–Crippen LogP) is 3.01. The fraction of sp³-hybridized carbons (Fsp3) is 0.529. The lowest BCUT2D eigenvalue weighted by Crippen LogP contribution is -2.22. The predicted molar refractivity (Wildman–Crippen MR) is 85.1 cm³/mol. The number of benzene rings is 1. The molecular weight excluding hydrogens is 282 g/mol. The molecule has 0 saturated heterocycles. The second-order valence-electron chi connectivity index (χ2n) is 5.63. The van der Waals surface area contributed by atoms with Gasteiger partial charge in [-0.3, -0.25) is 9.79 Å². The molecule has 5 nitrogen and oxygen atoms in total. The van der Waals surface area contributed by atoms with Gasteiger partial charge in [0.15, 0.2) is 11.5 Å². The monoisotopic (exact) mass is 305 g/mol. The molecular formula is C17H23NO4. The Bertz CT molecular complexity index is 533. The van der Waals surface area contributed by atoms with Crippen LogP contribution in [0.25, 0.3) is 0 Å². The highest BCUT2D eigenvalue weighted by Gasteiger charge is 2.25. The van der Waals surface area contributed by atoms with E-state index in [1.165, 1.54) is 0 Å². The van der Waals surface area contributed by atoms with Crippen LogP contribution in [-0.2, 0) is 4.79 Å². The van der Waals surface area contributed by atoms with Crippen molar-refractivity contribution in [2.24, 2.45) is 16.8 Å². The zero-order chi connectivity index (χ0) is 15.9. The van der Waals surface area contributed by atoms with Crippen LogP contribution >= 0.6 is 0 Å². The Hall–Kier alpha value is -2.04. The number of ether oxygens (including phenoxy) is 2. The molecule has 0 heterocycles. The van der Waals surface area contributed by atoms with Crippen molar-refractivity contribution in [3.8, 4) is 11.5 Å². The number of methoxy groups -OCH3 is 2. The van der Waals surface area contributed by atoms with E-state index in [1.54, 1.807) is 14.2 Å². The molecule has 0 radical (unpaired) electrons. The first-order valence-corrected chi connectivity index (χ1v) is 7.59. The average molecular weight is 305 g/mol. The molecule has 1 saturated carbocycles. The van der Waals surface area contributed by atoms with Gasteiger partial charge in [0.2, 0.25) is 0 Å². The van der Waals surface area contributed by atoms with Crippen molar-refractivity contribution < 1.29 is 19.4 Å². The number of hydrogen-bond acceptors (Lipinski definition) is 4. The Balaban J connectivity index is 1.92. The maximum absolute atomic E-state index is 10.9. The first-order chi connectivity index (χ1) is 10.7. The lowest BCUT2D eigenvalue weighted by molar-refractivity contribution is -0.143. The van der Waals surface area contributed by atoms with Gasteiger partial charge in [0, 0.05) is 18.3 Å². The highest BCUT2D eigenvalue weighted by molar-refractivity contribution is 5.85. The number of nitrogens with zero attached hydrogens (tertiary/aromatic N) is 1. The fourth-order valence-corrected chi connectivity index (χ4v) is 2.91. The van der Waals surface area contributed by atoms with Crippen LogP contribution in [0.2, 0.25) is 0 Å². The Morgan fingerprint density at radius 1 is 1.27 bits per heavy atom. The molecule has 1 aliphatic carbocycles. The summed E-state index contributed by atoms with van der Waals surface area (Å²) in [6.45, 7) is 0.729. The normalized spacial score (nSPS) is 21.7. The van der Waals surface area contributed by atoms with Gasteiger partial charge < -0.3 is 14.6 Å². The number of aliphatic carboxylic acids is 1. The first-order valence-electron chi connectivity index (χ1n) is 7.59. The van der Waals surface area contributed by atoms with Crippen molar-refractivity contribution in [2.45, 2.75) is 25.7 Å². The van der Waals surface area contributed by atoms with Gasteiger partial charge in [-0.25, -0.2) is 0 Å². The molecule has 1 aromatic rings. The van der Waals surface area contributed by atoms with Gasteiger partial charge in [0.1, 0.15) is 0 Å². The first kappa shape index (κ1) is 16.3. The minimum atomic E-state index is -0.664. The van der Waals surface area contributed by atoms with Crippen LogP contribution in [-0.4, -0.2) is 38.1 Å². The second kappa shape index (κ2) is 7.82. The van der Waals surface area contributed by atoms with E-state index < -0.39 is 5.97 Å². The van der Waals surface area contributed by atoms with E-state index in [0.717, 1.165) is 37.8 Å². The summed E-state index contributed by atoms with van der Waals surface area (Å²) in [4.78, 5) is 15.4. The van der Waals surface area contributed by atoms with Crippen LogP contribution in [0.4, 0.5) is 0 Å². The molecule has 1 aliphatic rings. The van der Waals surface area contributed by atoms with Crippen molar-refractivity contribution in [1.82, 2.24) is 0 Å². The van der Waals surface area contributed by atoms with Crippen molar-refractivity contribution in [2.75, 3.05) is 20.8 Å². The third-order valence-electron chi connectivity index (χ3n) is 4.22. The number of carboxylic acid groups (broad SMARTS) is 1. The highest BCUT2D eigenvalue weighted by atomic mass is 16.5. The van der Waals surface area contributed by atoms with Crippen molar-refractivity contribution >= 4 is 12.2 Å². The largest absolute Gasteiger partial charge is 0.493 e. The number of rotatable bonds is 6. The summed E-state index contributed by atoms with van der Waals surface area (Å²) in [5.74, 6) is 1.02. The van der Waals surface area contributed by atoms with E-state index in [-0.39, 0.29) is 5.92 Å². The van der Waals surface area contributed by atoms with Gasteiger partial charge in [-0.15, -0.1) is 0 Å². The Morgan fingerprint density at radius 3 is 2.59 bits per heavy atom. The Labute approximate surface area is 131 Å². The van der Waals surface area contributed by atoms with Gasteiger partial charge in [0.05, 0.1) is 20.1 Å². The third-order valence-corrected chi connectivity index (χ3v) is 4.22. The highest BCUT2D eigenvalue weighted by Crippen LogP contribution is 2.31. The molecule has 0 spiro atoms. The smallest absolute Gasteiger partial charge is 0.306 e. The topological polar surface area (TPSA) is 68.1 Å². The zero-order valence-corrected chi connectivity index (χ0v) is 13.1. The molecule has 0 amide bonds. The molecule has 2 rings (SSSR count). The average Bonchev–Trinajstić information content (AvgIpc) is 2.55. The minimum absolute atomic E-state index is 0.168. The molecule has 120 valence electrons. The summed E-state index contributed by atoms with van der Waals surface area (Å²) < 4.78 is 10.6. The van der Waals surface area contributed by atoms with Crippen molar-refractivity contribution in [3.05, 3.63) is 23.8 Å². The molecule has 5 heteroatoms. The number of carbonyl (C=O) groups is 1. The van der Waals surface area contributed by atoms with Crippen LogP contribution < -0.4 is 9.47 Å². The third kappa shape index (κ3) is 4.00. The summed E-state index contributed by atoms with van der Waals surface area (Å²) in [5.41, 5.74) is 0.890.